The molecular formula is C19H19F3N4O2. The highest BCUT2D eigenvalue weighted by atomic mass is 19.4. The molecule has 0 saturated heterocycles. The van der Waals surface area contributed by atoms with Crippen molar-refractivity contribution in [3.05, 3.63) is 64.1 Å². The Morgan fingerprint density at radius 2 is 1.75 bits per heavy atom. The van der Waals surface area contributed by atoms with Crippen LogP contribution in [-0.4, -0.2) is 15.0 Å². The summed E-state index contributed by atoms with van der Waals surface area (Å²) in [6, 6.07) is 10.2. The number of anilines is 1. The zero-order valence-corrected chi connectivity index (χ0v) is 15.1. The van der Waals surface area contributed by atoms with E-state index in [0.717, 1.165) is 12.1 Å². The summed E-state index contributed by atoms with van der Waals surface area (Å²) in [6.07, 6.45) is -4.56. The molecule has 3 rings (SSSR count). The molecule has 3 aromatic rings. The van der Waals surface area contributed by atoms with Gasteiger partial charge in [0.1, 0.15) is 6.54 Å². The summed E-state index contributed by atoms with van der Waals surface area (Å²) in [5.41, 5.74) is 5.69. The minimum absolute atomic E-state index is 0.0208. The first-order valence-corrected chi connectivity index (χ1v) is 8.63. The number of amides is 1. The maximum atomic E-state index is 13.0. The number of alkyl halides is 3. The van der Waals surface area contributed by atoms with Crippen LogP contribution in [0.25, 0.3) is 11.0 Å². The second-order valence-corrected chi connectivity index (χ2v) is 6.27. The van der Waals surface area contributed by atoms with Crippen molar-refractivity contribution < 1.29 is 18.0 Å². The molecule has 1 amide bonds. The molecule has 28 heavy (non-hydrogen) atoms. The summed E-state index contributed by atoms with van der Waals surface area (Å²) in [6.45, 7) is 1.83. The molecule has 0 atom stereocenters. The summed E-state index contributed by atoms with van der Waals surface area (Å²) in [5, 5.41) is 2.43. The molecule has 9 heteroatoms. The number of hydrogen-bond donors (Lipinski definition) is 2. The highest BCUT2D eigenvalue weighted by Gasteiger charge is 2.31. The molecule has 3 N–H and O–H groups in total. The topological polar surface area (TPSA) is 82.0 Å². The SMILES string of the molecule is CCn1c(=O)n(CC(=O)Nc2cc(CN)cc(C(F)(F)F)c2)c2ccccc21. The predicted octanol–water partition coefficient (Wildman–Crippen LogP) is 2.94. The number of nitrogens with zero attached hydrogens (tertiary/aromatic N) is 2. The lowest BCUT2D eigenvalue weighted by molar-refractivity contribution is -0.137. The van der Waals surface area contributed by atoms with Gasteiger partial charge < -0.3 is 11.1 Å². The molecule has 2 aromatic carbocycles. The van der Waals surface area contributed by atoms with Gasteiger partial charge in [-0.2, -0.15) is 13.2 Å². The fraction of sp³-hybridized carbons (Fsp3) is 0.263. The van der Waals surface area contributed by atoms with Crippen LogP contribution >= 0.6 is 0 Å². The van der Waals surface area contributed by atoms with Crippen LogP contribution in [0.5, 0.6) is 0 Å². The third kappa shape index (κ3) is 3.79. The number of carbonyl (C=O) groups excluding carboxylic acids is 1. The van der Waals surface area contributed by atoms with Crippen molar-refractivity contribution in [2.75, 3.05) is 5.32 Å². The molecule has 0 aliphatic rings. The van der Waals surface area contributed by atoms with Crippen LogP contribution in [0, 0.1) is 0 Å². The number of nitrogens with two attached hydrogens (primary N) is 1. The molecule has 6 nitrogen and oxygen atoms in total. The fourth-order valence-corrected chi connectivity index (χ4v) is 3.12. The van der Waals surface area contributed by atoms with Crippen molar-refractivity contribution in [2.45, 2.75) is 32.7 Å². The van der Waals surface area contributed by atoms with E-state index in [1.165, 1.54) is 15.2 Å². The predicted molar refractivity (Wildman–Crippen MR) is 99.8 cm³/mol. The Labute approximate surface area is 158 Å². The minimum Gasteiger partial charge on any atom is -0.326 e. The van der Waals surface area contributed by atoms with Gasteiger partial charge in [-0.25, -0.2) is 4.79 Å². The lowest BCUT2D eigenvalue weighted by atomic mass is 10.1. The Kier molecular flexibility index (Phi) is 5.28. The molecule has 148 valence electrons. The summed E-state index contributed by atoms with van der Waals surface area (Å²) < 4.78 is 41.9. The monoisotopic (exact) mass is 392 g/mol. The minimum atomic E-state index is -4.56. The third-order valence-corrected chi connectivity index (χ3v) is 4.38. The van der Waals surface area contributed by atoms with E-state index in [2.05, 4.69) is 5.32 Å². The van der Waals surface area contributed by atoms with Crippen molar-refractivity contribution in [2.24, 2.45) is 5.73 Å². The van der Waals surface area contributed by atoms with Crippen molar-refractivity contribution in [3.8, 4) is 0 Å². The van der Waals surface area contributed by atoms with E-state index >= 15 is 0 Å². The maximum Gasteiger partial charge on any atom is 0.416 e. The van der Waals surface area contributed by atoms with Gasteiger partial charge in [0.05, 0.1) is 16.6 Å². The standard InChI is InChI=1S/C19H19F3N4O2/c1-2-25-15-5-3-4-6-16(15)26(18(25)28)11-17(27)24-14-8-12(10-23)7-13(9-14)19(20,21)22/h3-9H,2,10-11,23H2,1H3,(H,24,27). The van der Waals surface area contributed by atoms with Crippen LogP contribution in [0.3, 0.4) is 0 Å². The first kappa shape index (κ1) is 19.7. The Bertz CT molecular complexity index is 1080. The van der Waals surface area contributed by atoms with E-state index in [9.17, 15) is 22.8 Å². The van der Waals surface area contributed by atoms with Gasteiger partial charge in [-0.1, -0.05) is 12.1 Å². The Hall–Kier alpha value is -3.07. The van der Waals surface area contributed by atoms with Gasteiger partial charge >= 0.3 is 11.9 Å². The zero-order valence-electron chi connectivity index (χ0n) is 15.1. The van der Waals surface area contributed by atoms with Crippen molar-refractivity contribution in [1.29, 1.82) is 0 Å². The van der Waals surface area contributed by atoms with Gasteiger partial charge in [-0.05, 0) is 42.8 Å². The molecule has 0 aliphatic carbocycles. The average molecular weight is 392 g/mol. The highest BCUT2D eigenvalue weighted by molar-refractivity contribution is 5.91. The number of benzene rings is 2. The summed E-state index contributed by atoms with van der Waals surface area (Å²) >= 11 is 0. The lowest BCUT2D eigenvalue weighted by Crippen LogP contribution is -2.29. The number of nitrogens with one attached hydrogen (secondary N) is 1. The van der Waals surface area contributed by atoms with E-state index in [-0.39, 0.29) is 30.0 Å². The summed E-state index contributed by atoms with van der Waals surface area (Å²) in [4.78, 5) is 25.0. The second kappa shape index (κ2) is 7.51. The molecule has 0 radical (unpaired) electrons. The van der Waals surface area contributed by atoms with Crippen LogP contribution in [-0.2, 0) is 30.6 Å². The summed E-state index contributed by atoms with van der Waals surface area (Å²) in [7, 11) is 0. The van der Waals surface area contributed by atoms with Gasteiger partial charge in [0, 0.05) is 18.8 Å². The third-order valence-electron chi connectivity index (χ3n) is 4.38. The first-order chi connectivity index (χ1) is 13.2. The van der Waals surface area contributed by atoms with Crippen LogP contribution in [0.2, 0.25) is 0 Å². The second-order valence-electron chi connectivity index (χ2n) is 6.27. The first-order valence-electron chi connectivity index (χ1n) is 8.63. The molecule has 0 saturated carbocycles. The van der Waals surface area contributed by atoms with Crippen LogP contribution in [0.1, 0.15) is 18.1 Å². The number of aryl methyl sites for hydroxylation is 1. The van der Waals surface area contributed by atoms with E-state index in [1.807, 2.05) is 6.92 Å². The van der Waals surface area contributed by atoms with Gasteiger partial charge in [-0.3, -0.25) is 13.9 Å². The normalized spacial score (nSPS) is 11.8. The number of halogens is 3. The van der Waals surface area contributed by atoms with Crippen LogP contribution < -0.4 is 16.7 Å². The Morgan fingerprint density at radius 3 is 2.32 bits per heavy atom. The van der Waals surface area contributed by atoms with E-state index in [1.54, 1.807) is 24.3 Å². The van der Waals surface area contributed by atoms with Crippen LogP contribution in [0.15, 0.2) is 47.3 Å². The van der Waals surface area contributed by atoms with Crippen LogP contribution in [0.4, 0.5) is 18.9 Å². The number of carbonyl (C=O) groups is 1. The average Bonchev–Trinajstić information content (AvgIpc) is 2.92. The Balaban J connectivity index is 1.91. The van der Waals surface area contributed by atoms with E-state index in [4.69, 9.17) is 5.73 Å². The molecule has 0 unspecified atom stereocenters. The molecule has 1 aromatic heterocycles. The lowest BCUT2D eigenvalue weighted by Gasteiger charge is -2.12. The number of imidazole rings is 1. The smallest absolute Gasteiger partial charge is 0.326 e. The van der Waals surface area contributed by atoms with E-state index in [0.29, 0.717) is 17.6 Å². The van der Waals surface area contributed by atoms with Crippen molar-refractivity contribution in [1.82, 2.24) is 9.13 Å². The molecule has 0 bridgehead atoms. The number of hydrogen-bond acceptors (Lipinski definition) is 3. The molecule has 0 spiro atoms. The number of para-hydroxylation sites is 2. The van der Waals surface area contributed by atoms with E-state index < -0.39 is 17.6 Å². The molecule has 1 heterocycles. The molecular weight excluding hydrogens is 373 g/mol. The highest BCUT2D eigenvalue weighted by Crippen LogP contribution is 2.32. The van der Waals surface area contributed by atoms with Crippen molar-refractivity contribution in [3.63, 3.8) is 0 Å². The van der Waals surface area contributed by atoms with Crippen molar-refractivity contribution >= 4 is 22.6 Å². The van der Waals surface area contributed by atoms with Gasteiger partial charge in [0.2, 0.25) is 5.91 Å². The van der Waals surface area contributed by atoms with Gasteiger partial charge in [0.15, 0.2) is 0 Å². The summed E-state index contributed by atoms with van der Waals surface area (Å²) in [5.74, 6) is -0.608. The zero-order chi connectivity index (χ0) is 20.5. The fourth-order valence-electron chi connectivity index (χ4n) is 3.12. The number of rotatable bonds is 5. The largest absolute Gasteiger partial charge is 0.416 e. The molecule has 0 aliphatic heterocycles. The number of aromatic nitrogens is 2. The number of fused-ring (bicyclic) bond motifs is 1. The molecule has 0 fully saturated rings. The quantitative estimate of drug-likeness (QED) is 0.701. The van der Waals surface area contributed by atoms with Gasteiger partial charge in [-0.15, -0.1) is 0 Å². The maximum absolute atomic E-state index is 13.0. The van der Waals surface area contributed by atoms with Gasteiger partial charge in [0.25, 0.3) is 0 Å². The Morgan fingerprint density at radius 1 is 1.11 bits per heavy atom.